The highest BCUT2D eigenvalue weighted by Gasteiger charge is 2.07. The van der Waals surface area contributed by atoms with E-state index in [9.17, 15) is 5.11 Å². The minimum Gasteiger partial charge on any atom is -0.504 e. The Morgan fingerprint density at radius 1 is 1.24 bits per heavy atom. The van der Waals surface area contributed by atoms with Gasteiger partial charge in [0.25, 0.3) is 0 Å². The van der Waals surface area contributed by atoms with Crippen molar-refractivity contribution in [3.05, 3.63) is 65.5 Å². The van der Waals surface area contributed by atoms with Crippen molar-refractivity contribution in [3.63, 3.8) is 0 Å². The fraction of sp³-hybridized carbons (Fsp3) is 0.167. The molecule has 2 aromatic carbocycles. The largest absolute Gasteiger partial charge is 0.504 e. The van der Waals surface area contributed by atoms with E-state index in [0.29, 0.717) is 16.5 Å². The lowest BCUT2D eigenvalue weighted by molar-refractivity contribution is 0.373. The highest BCUT2D eigenvalue weighted by molar-refractivity contribution is 7.98. The van der Waals surface area contributed by atoms with E-state index >= 15 is 0 Å². The Hall–Kier alpha value is -2.80. The summed E-state index contributed by atoms with van der Waals surface area (Å²) in [5, 5.41) is 23.1. The van der Waals surface area contributed by atoms with Crippen LogP contribution in [0.3, 0.4) is 0 Å². The van der Waals surface area contributed by atoms with Crippen LogP contribution in [0.4, 0.5) is 0 Å². The zero-order valence-electron chi connectivity index (χ0n) is 14.0. The number of aromatic nitrogens is 3. The molecule has 7 heteroatoms. The molecule has 1 N–H and O–H groups in total. The quantitative estimate of drug-likeness (QED) is 0.542. The highest BCUT2D eigenvalue weighted by Crippen LogP contribution is 2.28. The number of benzene rings is 2. The van der Waals surface area contributed by atoms with Gasteiger partial charge in [-0.1, -0.05) is 47.7 Å². The molecule has 1 heterocycles. The number of phenolic OH excluding ortho intramolecular Hbond substituents is 1. The number of ether oxygens (including phenoxy) is 1. The van der Waals surface area contributed by atoms with Crippen molar-refractivity contribution >= 4 is 18.0 Å². The topological polar surface area (TPSA) is 72.5 Å². The van der Waals surface area contributed by atoms with Crippen molar-refractivity contribution in [2.24, 2.45) is 5.10 Å². The predicted octanol–water partition coefficient (Wildman–Crippen LogP) is 3.48. The third kappa shape index (κ3) is 4.19. The fourth-order valence-electron chi connectivity index (χ4n) is 2.16. The third-order valence-electron chi connectivity index (χ3n) is 3.56. The van der Waals surface area contributed by atoms with Gasteiger partial charge in [0.05, 0.1) is 13.3 Å². The van der Waals surface area contributed by atoms with E-state index in [0.717, 1.165) is 5.75 Å². The van der Waals surface area contributed by atoms with Crippen LogP contribution in [-0.4, -0.2) is 33.3 Å². The maximum atomic E-state index is 10.1. The minimum absolute atomic E-state index is 0.0516. The Labute approximate surface area is 150 Å². The number of thioether (sulfide) groups is 1. The maximum absolute atomic E-state index is 10.1. The summed E-state index contributed by atoms with van der Waals surface area (Å²) < 4.78 is 6.68. The molecule has 0 spiro atoms. The summed E-state index contributed by atoms with van der Waals surface area (Å²) in [5.74, 6) is 1.23. The zero-order chi connectivity index (χ0) is 17.6. The molecule has 0 fully saturated rings. The smallest absolute Gasteiger partial charge is 0.212 e. The molecule has 0 aliphatic carbocycles. The summed E-state index contributed by atoms with van der Waals surface area (Å²) >= 11 is 1.55. The summed E-state index contributed by atoms with van der Waals surface area (Å²) in [6, 6.07) is 13.6. The highest BCUT2D eigenvalue weighted by atomic mass is 32.2. The van der Waals surface area contributed by atoms with E-state index in [1.807, 2.05) is 0 Å². The molecule has 0 aliphatic rings. The van der Waals surface area contributed by atoms with Crippen LogP contribution in [0, 0.1) is 6.92 Å². The maximum Gasteiger partial charge on any atom is 0.212 e. The van der Waals surface area contributed by atoms with Crippen LogP contribution in [0.1, 0.15) is 16.7 Å². The van der Waals surface area contributed by atoms with Crippen molar-refractivity contribution in [1.82, 2.24) is 14.9 Å². The van der Waals surface area contributed by atoms with E-state index in [2.05, 4.69) is 46.5 Å². The van der Waals surface area contributed by atoms with Gasteiger partial charge in [0, 0.05) is 11.3 Å². The molecule has 25 heavy (non-hydrogen) atoms. The molecule has 128 valence electrons. The summed E-state index contributed by atoms with van der Waals surface area (Å²) in [7, 11) is 1.51. The van der Waals surface area contributed by atoms with Crippen LogP contribution in [0.15, 0.2) is 59.0 Å². The number of methoxy groups -OCH3 is 1. The molecule has 0 bridgehead atoms. The molecule has 0 atom stereocenters. The first kappa shape index (κ1) is 17.0. The second kappa shape index (κ2) is 7.85. The van der Waals surface area contributed by atoms with Gasteiger partial charge >= 0.3 is 0 Å². The minimum atomic E-state index is 0.0516. The zero-order valence-corrected chi connectivity index (χ0v) is 14.8. The van der Waals surface area contributed by atoms with Gasteiger partial charge < -0.3 is 9.84 Å². The van der Waals surface area contributed by atoms with E-state index in [4.69, 9.17) is 4.74 Å². The molecular weight excluding hydrogens is 336 g/mol. The number of hydrogen-bond donors (Lipinski definition) is 1. The summed E-state index contributed by atoms with van der Waals surface area (Å²) in [6.45, 7) is 2.07. The predicted molar refractivity (Wildman–Crippen MR) is 98.4 cm³/mol. The number of nitrogens with zero attached hydrogens (tertiary/aromatic N) is 4. The lowest BCUT2D eigenvalue weighted by atomic mass is 10.2. The number of hydrogen-bond acceptors (Lipinski definition) is 6. The summed E-state index contributed by atoms with van der Waals surface area (Å²) in [5.41, 5.74) is 3.00. The van der Waals surface area contributed by atoms with Crippen LogP contribution in [0.25, 0.3) is 0 Å². The van der Waals surface area contributed by atoms with Crippen LogP contribution < -0.4 is 4.74 Å². The Bertz CT molecular complexity index is 875. The molecule has 0 amide bonds. The average molecular weight is 354 g/mol. The Kier molecular flexibility index (Phi) is 5.35. The molecule has 6 nitrogen and oxygen atoms in total. The number of aryl methyl sites for hydroxylation is 1. The molecule has 3 rings (SSSR count). The monoisotopic (exact) mass is 354 g/mol. The van der Waals surface area contributed by atoms with Gasteiger partial charge in [-0.3, -0.25) is 0 Å². The average Bonchev–Trinajstić information content (AvgIpc) is 3.08. The van der Waals surface area contributed by atoms with Crippen LogP contribution in [-0.2, 0) is 5.75 Å². The van der Waals surface area contributed by atoms with Crippen LogP contribution in [0.5, 0.6) is 11.5 Å². The Balaban J connectivity index is 1.72. The summed E-state index contributed by atoms with van der Waals surface area (Å²) in [6.07, 6.45) is 3.09. The van der Waals surface area contributed by atoms with Gasteiger partial charge in [-0.2, -0.15) is 9.78 Å². The molecule has 0 unspecified atom stereocenters. The van der Waals surface area contributed by atoms with E-state index in [1.165, 1.54) is 24.6 Å². The first-order valence-electron chi connectivity index (χ1n) is 7.66. The molecule has 3 aromatic rings. The first-order valence-corrected chi connectivity index (χ1v) is 8.64. The number of aromatic hydroxyl groups is 1. The lowest BCUT2D eigenvalue weighted by Crippen LogP contribution is -1.94. The van der Waals surface area contributed by atoms with E-state index < -0.39 is 0 Å². The van der Waals surface area contributed by atoms with Gasteiger partial charge in [-0.15, -0.1) is 10.2 Å². The van der Waals surface area contributed by atoms with Crippen molar-refractivity contribution < 1.29 is 9.84 Å². The van der Waals surface area contributed by atoms with Crippen molar-refractivity contribution in [2.45, 2.75) is 17.8 Å². The van der Waals surface area contributed by atoms with Gasteiger partial charge in [0.1, 0.15) is 6.33 Å². The second-order valence-electron chi connectivity index (χ2n) is 5.38. The second-order valence-corrected chi connectivity index (χ2v) is 6.32. The molecule has 0 saturated carbocycles. The van der Waals surface area contributed by atoms with Crippen LogP contribution in [0.2, 0.25) is 0 Å². The SMILES string of the molecule is COc1cccc(C=Nn2cnnc2SCc2ccc(C)cc2)c1O. The Morgan fingerprint density at radius 2 is 2.04 bits per heavy atom. The van der Waals surface area contributed by atoms with E-state index in [1.54, 1.807) is 40.9 Å². The first-order chi connectivity index (χ1) is 12.2. The van der Waals surface area contributed by atoms with Crippen molar-refractivity contribution in [1.29, 1.82) is 0 Å². The normalized spacial score (nSPS) is 11.1. The fourth-order valence-corrected chi connectivity index (χ4v) is 2.98. The van der Waals surface area contributed by atoms with Crippen LogP contribution >= 0.6 is 11.8 Å². The molecule has 0 radical (unpaired) electrons. The van der Waals surface area contributed by atoms with Crippen molar-refractivity contribution in [3.8, 4) is 11.5 Å². The molecular formula is C18H18N4O2S. The molecule has 0 saturated heterocycles. The number of phenols is 1. The summed E-state index contributed by atoms with van der Waals surface area (Å²) in [4.78, 5) is 0. The molecule has 1 aromatic heterocycles. The lowest BCUT2D eigenvalue weighted by Gasteiger charge is -2.05. The van der Waals surface area contributed by atoms with Gasteiger partial charge in [0.2, 0.25) is 5.16 Å². The Morgan fingerprint density at radius 3 is 2.80 bits per heavy atom. The third-order valence-corrected chi connectivity index (χ3v) is 4.56. The van der Waals surface area contributed by atoms with Crippen molar-refractivity contribution in [2.75, 3.05) is 7.11 Å². The van der Waals surface area contributed by atoms with Gasteiger partial charge in [0.15, 0.2) is 11.5 Å². The number of para-hydroxylation sites is 1. The standard InChI is InChI=1S/C18H18N4O2S/c1-13-6-8-14(9-7-13)11-25-18-21-19-12-22(18)20-10-15-4-3-5-16(24-2)17(15)23/h3-10,12,23H,11H2,1-2H3. The van der Waals surface area contributed by atoms with Gasteiger partial charge in [-0.05, 0) is 24.6 Å². The number of rotatable bonds is 6. The molecule has 0 aliphatic heterocycles. The van der Waals surface area contributed by atoms with Gasteiger partial charge in [-0.25, -0.2) is 0 Å². The van der Waals surface area contributed by atoms with E-state index in [-0.39, 0.29) is 5.75 Å².